The van der Waals surface area contributed by atoms with Gasteiger partial charge in [0, 0.05) is 30.2 Å². The molecule has 1 N–H and O–H groups in total. The van der Waals surface area contributed by atoms with Crippen LogP contribution in [-0.4, -0.2) is 26.0 Å². The summed E-state index contributed by atoms with van der Waals surface area (Å²) in [5.74, 6) is 0.227. The number of nitrogens with zero attached hydrogens (tertiary/aromatic N) is 4. The zero-order valence-electron chi connectivity index (χ0n) is 18.6. The fourth-order valence-corrected chi connectivity index (χ4v) is 3.10. The Labute approximate surface area is 195 Å². The Morgan fingerprint density at radius 3 is 2.59 bits per heavy atom. The standard InChI is InChI=1S/C25H22FN5O3/c1-16(2)23(25-30-24(31-34-25)18-5-3-11-27-14-18)29-22(32)10-8-17-7-9-21(20(26)13-17)33-19-6-4-12-28-15-19/h3-16,23H,1-2H3,(H,29,32)/b10-8+. The van der Waals surface area contributed by atoms with Gasteiger partial charge in [0.2, 0.25) is 17.6 Å². The largest absolute Gasteiger partial charge is 0.453 e. The Bertz CT molecular complexity index is 1280. The summed E-state index contributed by atoms with van der Waals surface area (Å²) in [5.41, 5.74) is 1.22. The van der Waals surface area contributed by atoms with E-state index in [1.807, 2.05) is 19.9 Å². The van der Waals surface area contributed by atoms with Gasteiger partial charge in [-0.05, 0) is 54.0 Å². The molecule has 0 saturated heterocycles. The van der Waals surface area contributed by atoms with Crippen LogP contribution in [0.4, 0.5) is 4.39 Å². The third-order valence-electron chi connectivity index (χ3n) is 4.84. The number of nitrogens with one attached hydrogen (secondary N) is 1. The maximum atomic E-state index is 14.4. The number of hydrogen-bond donors (Lipinski definition) is 1. The van der Waals surface area contributed by atoms with E-state index in [1.165, 1.54) is 30.5 Å². The topological polar surface area (TPSA) is 103 Å². The number of ether oxygens (including phenoxy) is 1. The maximum Gasteiger partial charge on any atom is 0.249 e. The molecule has 172 valence electrons. The second-order valence-electron chi connectivity index (χ2n) is 7.74. The minimum Gasteiger partial charge on any atom is -0.453 e. The van der Waals surface area contributed by atoms with Crippen molar-refractivity contribution in [3.05, 3.63) is 90.6 Å². The predicted molar refractivity (Wildman–Crippen MR) is 123 cm³/mol. The fraction of sp³-hybridized carbons (Fsp3) is 0.160. The lowest BCUT2D eigenvalue weighted by molar-refractivity contribution is -0.117. The first-order valence-electron chi connectivity index (χ1n) is 10.6. The first-order valence-corrected chi connectivity index (χ1v) is 10.6. The maximum absolute atomic E-state index is 14.4. The molecule has 0 aliphatic carbocycles. The van der Waals surface area contributed by atoms with Gasteiger partial charge >= 0.3 is 0 Å². The summed E-state index contributed by atoms with van der Waals surface area (Å²) in [6.45, 7) is 3.86. The highest BCUT2D eigenvalue weighted by Gasteiger charge is 2.24. The number of carbonyl (C=O) groups is 1. The fourth-order valence-electron chi connectivity index (χ4n) is 3.10. The molecule has 0 spiro atoms. The van der Waals surface area contributed by atoms with Crippen LogP contribution in [0, 0.1) is 11.7 Å². The first-order chi connectivity index (χ1) is 16.5. The van der Waals surface area contributed by atoms with Gasteiger partial charge in [-0.25, -0.2) is 4.39 Å². The molecule has 3 heterocycles. The van der Waals surface area contributed by atoms with Crippen molar-refractivity contribution in [3.8, 4) is 22.9 Å². The molecule has 9 heteroatoms. The van der Waals surface area contributed by atoms with Crippen molar-refractivity contribution >= 4 is 12.0 Å². The molecule has 4 aromatic rings. The Hall–Kier alpha value is -4.40. The molecule has 1 amide bonds. The summed E-state index contributed by atoms with van der Waals surface area (Å²) in [7, 11) is 0. The van der Waals surface area contributed by atoms with Crippen LogP contribution in [0.2, 0.25) is 0 Å². The van der Waals surface area contributed by atoms with Gasteiger partial charge in [0.05, 0.1) is 6.20 Å². The van der Waals surface area contributed by atoms with Gasteiger partial charge in [0.15, 0.2) is 11.6 Å². The highest BCUT2D eigenvalue weighted by molar-refractivity contribution is 5.92. The molecule has 1 unspecified atom stereocenters. The van der Waals surface area contributed by atoms with Crippen molar-refractivity contribution in [1.82, 2.24) is 25.4 Å². The molecule has 1 atom stereocenters. The summed E-state index contributed by atoms with van der Waals surface area (Å²) in [6, 6.07) is 10.9. The number of amides is 1. The Morgan fingerprint density at radius 2 is 1.91 bits per heavy atom. The lowest BCUT2D eigenvalue weighted by Crippen LogP contribution is -2.30. The summed E-state index contributed by atoms with van der Waals surface area (Å²) < 4.78 is 25.3. The Balaban J connectivity index is 1.42. The molecule has 0 saturated carbocycles. The number of aromatic nitrogens is 4. The molecular weight excluding hydrogens is 437 g/mol. The van der Waals surface area contributed by atoms with Crippen LogP contribution in [0.25, 0.3) is 17.5 Å². The Morgan fingerprint density at radius 1 is 1.12 bits per heavy atom. The van der Waals surface area contributed by atoms with Crippen molar-refractivity contribution in [2.45, 2.75) is 19.9 Å². The number of benzene rings is 1. The molecule has 4 rings (SSSR count). The highest BCUT2D eigenvalue weighted by atomic mass is 19.1. The SMILES string of the molecule is CC(C)C(NC(=O)/C=C/c1ccc(Oc2cccnc2)c(F)c1)c1nc(-c2cccnc2)no1. The summed E-state index contributed by atoms with van der Waals surface area (Å²) >= 11 is 0. The van der Waals surface area contributed by atoms with Gasteiger partial charge in [-0.15, -0.1) is 0 Å². The summed E-state index contributed by atoms with van der Waals surface area (Å²) in [6.07, 6.45) is 9.21. The average Bonchev–Trinajstić information content (AvgIpc) is 3.34. The van der Waals surface area contributed by atoms with Crippen molar-refractivity contribution < 1.29 is 18.4 Å². The quantitative estimate of drug-likeness (QED) is 0.371. The minimum atomic E-state index is -0.555. The second kappa shape index (κ2) is 10.5. The molecule has 0 aliphatic rings. The van der Waals surface area contributed by atoms with Crippen molar-refractivity contribution in [3.63, 3.8) is 0 Å². The van der Waals surface area contributed by atoms with Crippen molar-refractivity contribution in [2.75, 3.05) is 0 Å². The van der Waals surface area contributed by atoms with E-state index in [2.05, 4.69) is 25.4 Å². The van der Waals surface area contributed by atoms with Crippen LogP contribution >= 0.6 is 0 Å². The van der Waals surface area contributed by atoms with Crippen molar-refractivity contribution in [1.29, 1.82) is 0 Å². The van der Waals surface area contributed by atoms with Crippen LogP contribution in [0.3, 0.4) is 0 Å². The summed E-state index contributed by atoms with van der Waals surface area (Å²) in [5, 5.41) is 6.85. The zero-order valence-corrected chi connectivity index (χ0v) is 18.6. The van der Waals surface area contributed by atoms with E-state index in [-0.39, 0.29) is 17.6 Å². The molecule has 1 aromatic carbocycles. The van der Waals surface area contributed by atoms with E-state index in [4.69, 9.17) is 9.26 Å². The molecule has 8 nitrogen and oxygen atoms in total. The van der Waals surface area contributed by atoms with Gasteiger partial charge in [-0.2, -0.15) is 4.98 Å². The monoisotopic (exact) mass is 459 g/mol. The number of carbonyl (C=O) groups excluding carboxylic acids is 1. The first kappa shape index (κ1) is 22.8. The van der Waals surface area contributed by atoms with Gasteiger partial charge in [-0.1, -0.05) is 25.1 Å². The lowest BCUT2D eigenvalue weighted by atomic mass is 10.0. The van der Waals surface area contributed by atoms with Gasteiger partial charge in [0.25, 0.3) is 0 Å². The van der Waals surface area contributed by atoms with Crippen molar-refractivity contribution in [2.24, 2.45) is 5.92 Å². The highest BCUT2D eigenvalue weighted by Crippen LogP contribution is 2.25. The number of halogens is 1. The predicted octanol–water partition coefficient (Wildman–Crippen LogP) is 4.98. The molecular formula is C25H22FN5O3. The van der Waals surface area contributed by atoms with Crippen LogP contribution < -0.4 is 10.1 Å². The van der Waals surface area contributed by atoms with E-state index < -0.39 is 11.9 Å². The smallest absolute Gasteiger partial charge is 0.249 e. The third-order valence-corrected chi connectivity index (χ3v) is 4.84. The van der Waals surface area contributed by atoms with Gasteiger partial charge in [0.1, 0.15) is 11.8 Å². The minimum absolute atomic E-state index is 0.0131. The molecule has 0 bridgehead atoms. The van der Waals surface area contributed by atoms with E-state index >= 15 is 0 Å². The van der Waals surface area contributed by atoms with E-state index in [9.17, 15) is 9.18 Å². The molecule has 0 radical (unpaired) electrons. The van der Waals surface area contributed by atoms with Crippen LogP contribution in [0.15, 0.2) is 77.9 Å². The van der Waals surface area contributed by atoms with Crippen LogP contribution in [0.5, 0.6) is 11.5 Å². The van der Waals surface area contributed by atoms with Gasteiger partial charge in [-0.3, -0.25) is 14.8 Å². The molecule has 0 aliphatic heterocycles. The zero-order chi connectivity index (χ0) is 23.9. The number of rotatable bonds is 8. The van der Waals surface area contributed by atoms with E-state index in [1.54, 1.807) is 42.9 Å². The van der Waals surface area contributed by atoms with Crippen LogP contribution in [0.1, 0.15) is 31.3 Å². The number of pyridine rings is 2. The van der Waals surface area contributed by atoms with Gasteiger partial charge < -0.3 is 14.6 Å². The number of hydrogen-bond acceptors (Lipinski definition) is 7. The lowest BCUT2D eigenvalue weighted by Gasteiger charge is -2.17. The Kier molecular flexibility index (Phi) is 7.02. The average molecular weight is 459 g/mol. The second-order valence-corrected chi connectivity index (χ2v) is 7.74. The van der Waals surface area contributed by atoms with E-state index in [0.29, 0.717) is 28.6 Å². The third kappa shape index (κ3) is 5.69. The molecule has 0 fully saturated rings. The van der Waals surface area contributed by atoms with Crippen LogP contribution in [-0.2, 0) is 4.79 Å². The summed E-state index contributed by atoms with van der Waals surface area (Å²) in [4.78, 5) is 24.9. The molecule has 34 heavy (non-hydrogen) atoms. The normalized spacial score (nSPS) is 12.1. The molecule has 3 aromatic heterocycles. The van der Waals surface area contributed by atoms with E-state index in [0.717, 1.165) is 0 Å².